The highest BCUT2D eigenvalue weighted by molar-refractivity contribution is 5.84. The van der Waals surface area contributed by atoms with Crippen LogP contribution < -0.4 is 0 Å². The van der Waals surface area contributed by atoms with Gasteiger partial charge in [-0.15, -0.1) is 0 Å². The second kappa shape index (κ2) is 7.25. The molecule has 104 valence electrons. The molecule has 0 heterocycles. The Morgan fingerprint density at radius 1 is 0.667 bits per heavy atom. The summed E-state index contributed by atoms with van der Waals surface area (Å²) in [5, 5.41) is 2.55. The van der Waals surface area contributed by atoms with Crippen molar-refractivity contribution >= 4 is 22.9 Å². The number of benzene rings is 3. The van der Waals surface area contributed by atoms with E-state index in [2.05, 4.69) is 74.7 Å². The normalized spacial score (nSPS) is 9.57. The van der Waals surface area contributed by atoms with Crippen LogP contribution in [-0.2, 0) is 0 Å². The summed E-state index contributed by atoms with van der Waals surface area (Å²) in [7, 11) is 0. The van der Waals surface area contributed by atoms with Crippen molar-refractivity contribution in [1.82, 2.24) is 0 Å². The molecule has 3 aromatic rings. The van der Waals surface area contributed by atoms with Crippen LogP contribution in [0.15, 0.2) is 79.9 Å². The Morgan fingerprint density at radius 2 is 1.33 bits per heavy atom. The van der Waals surface area contributed by atoms with Gasteiger partial charge in [-0.05, 0) is 34.9 Å². The fourth-order valence-electron chi connectivity index (χ4n) is 2.13. The number of aryl methyl sites for hydroxylation is 1. The minimum atomic E-state index is 1.17. The Balaban J connectivity index is 0.000000161. The summed E-state index contributed by atoms with van der Waals surface area (Å²) in [6, 6.07) is 22.9. The highest BCUT2D eigenvalue weighted by atomic mass is 14.0. The average molecular weight is 272 g/mol. The van der Waals surface area contributed by atoms with Gasteiger partial charge < -0.3 is 0 Å². The molecule has 21 heavy (non-hydrogen) atoms. The van der Waals surface area contributed by atoms with Crippen LogP contribution in [0.25, 0.3) is 22.9 Å². The van der Waals surface area contributed by atoms with Gasteiger partial charge in [0.15, 0.2) is 0 Å². The molecular formula is C21H20. The maximum absolute atomic E-state index is 3.74. The van der Waals surface area contributed by atoms with Crippen molar-refractivity contribution < 1.29 is 0 Å². The smallest absolute Gasteiger partial charge is 0.0178 e. The molecule has 0 spiro atoms. The minimum Gasteiger partial charge on any atom is -0.0985 e. The van der Waals surface area contributed by atoms with Gasteiger partial charge in [0.1, 0.15) is 0 Å². The topological polar surface area (TPSA) is 0 Å². The maximum Gasteiger partial charge on any atom is -0.0178 e. The summed E-state index contributed by atoms with van der Waals surface area (Å²) in [5.41, 5.74) is 3.65. The Morgan fingerprint density at radius 3 is 1.95 bits per heavy atom. The third kappa shape index (κ3) is 4.19. The van der Waals surface area contributed by atoms with Crippen molar-refractivity contribution in [2.75, 3.05) is 0 Å². The molecule has 0 atom stereocenters. The lowest BCUT2D eigenvalue weighted by molar-refractivity contribution is 1.46. The standard InChI is InChI=1S/C12H10.C9H10/c1-2-10-7-8-11-5-3-4-6-12(11)9-10;1-3-9-6-4-5-8(2)7-9/h2-9H,1H2;3-7H,1H2,2H3. The predicted octanol–water partition coefficient (Wildman–Crippen LogP) is 6.12. The quantitative estimate of drug-likeness (QED) is 0.527. The van der Waals surface area contributed by atoms with Crippen LogP contribution in [0.4, 0.5) is 0 Å². The van der Waals surface area contributed by atoms with Gasteiger partial charge in [-0.2, -0.15) is 0 Å². The third-order valence-corrected chi connectivity index (χ3v) is 3.29. The van der Waals surface area contributed by atoms with Gasteiger partial charge in [-0.3, -0.25) is 0 Å². The molecule has 0 saturated heterocycles. The van der Waals surface area contributed by atoms with Crippen molar-refractivity contribution in [3.8, 4) is 0 Å². The van der Waals surface area contributed by atoms with E-state index in [-0.39, 0.29) is 0 Å². The van der Waals surface area contributed by atoms with Crippen molar-refractivity contribution in [3.63, 3.8) is 0 Å². The van der Waals surface area contributed by atoms with Crippen LogP contribution in [0.5, 0.6) is 0 Å². The predicted molar refractivity (Wildman–Crippen MR) is 95.3 cm³/mol. The fourth-order valence-corrected chi connectivity index (χ4v) is 2.13. The molecule has 0 aromatic heterocycles. The monoisotopic (exact) mass is 272 g/mol. The highest BCUT2D eigenvalue weighted by Gasteiger charge is 1.90. The Labute approximate surface area is 127 Å². The lowest BCUT2D eigenvalue weighted by Gasteiger charge is -1.97. The lowest BCUT2D eigenvalue weighted by atomic mass is 10.1. The molecule has 0 saturated carbocycles. The molecule has 0 nitrogen and oxygen atoms in total. The highest BCUT2D eigenvalue weighted by Crippen LogP contribution is 2.15. The number of fused-ring (bicyclic) bond motifs is 1. The van der Waals surface area contributed by atoms with E-state index in [1.165, 1.54) is 27.5 Å². The van der Waals surface area contributed by atoms with E-state index in [1.54, 1.807) is 0 Å². The largest absolute Gasteiger partial charge is 0.0985 e. The zero-order valence-electron chi connectivity index (χ0n) is 12.4. The molecule has 3 aromatic carbocycles. The summed E-state index contributed by atoms with van der Waals surface area (Å²) in [6.45, 7) is 9.49. The molecule has 0 fully saturated rings. The van der Waals surface area contributed by atoms with Crippen LogP contribution in [0.3, 0.4) is 0 Å². The molecule has 0 amide bonds. The van der Waals surface area contributed by atoms with Crippen molar-refractivity contribution in [2.24, 2.45) is 0 Å². The molecule has 0 bridgehead atoms. The minimum absolute atomic E-state index is 1.17. The van der Waals surface area contributed by atoms with Crippen LogP contribution >= 0.6 is 0 Å². The molecule has 0 radical (unpaired) electrons. The summed E-state index contributed by atoms with van der Waals surface area (Å²) >= 11 is 0. The van der Waals surface area contributed by atoms with E-state index >= 15 is 0 Å². The summed E-state index contributed by atoms with van der Waals surface area (Å²) < 4.78 is 0. The molecular weight excluding hydrogens is 252 g/mol. The van der Waals surface area contributed by atoms with E-state index in [4.69, 9.17) is 0 Å². The second-order valence-electron chi connectivity index (χ2n) is 4.93. The molecule has 0 aliphatic rings. The van der Waals surface area contributed by atoms with E-state index < -0.39 is 0 Å². The Kier molecular flexibility index (Phi) is 5.11. The first-order valence-corrected chi connectivity index (χ1v) is 7.03. The lowest BCUT2D eigenvalue weighted by Crippen LogP contribution is -1.73. The number of hydrogen-bond donors (Lipinski definition) is 0. The zero-order valence-corrected chi connectivity index (χ0v) is 12.4. The first-order valence-electron chi connectivity index (χ1n) is 7.03. The molecule has 3 rings (SSSR count). The van der Waals surface area contributed by atoms with Crippen molar-refractivity contribution in [2.45, 2.75) is 6.92 Å². The van der Waals surface area contributed by atoms with Crippen molar-refractivity contribution in [1.29, 1.82) is 0 Å². The Bertz CT molecular complexity index is 751. The van der Waals surface area contributed by atoms with E-state index in [9.17, 15) is 0 Å². The van der Waals surface area contributed by atoms with Gasteiger partial charge in [-0.1, -0.05) is 91.5 Å². The molecule has 0 unspecified atom stereocenters. The number of hydrogen-bond acceptors (Lipinski definition) is 0. The van der Waals surface area contributed by atoms with E-state index in [0.29, 0.717) is 0 Å². The maximum atomic E-state index is 3.74. The van der Waals surface area contributed by atoms with E-state index in [1.807, 2.05) is 24.3 Å². The van der Waals surface area contributed by atoms with Crippen LogP contribution in [0, 0.1) is 6.92 Å². The molecule has 0 aliphatic carbocycles. The Hall–Kier alpha value is -2.60. The molecule has 0 N–H and O–H groups in total. The van der Waals surface area contributed by atoms with Crippen molar-refractivity contribution in [3.05, 3.63) is 96.6 Å². The zero-order chi connectivity index (χ0) is 15.1. The third-order valence-electron chi connectivity index (χ3n) is 3.29. The SMILES string of the molecule is C=Cc1ccc2ccccc2c1.C=Cc1cccc(C)c1. The molecule has 0 heteroatoms. The van der Waals surface area contributed by atoms with Gasteiger partial charge in [0.05, 0.1) is 0 Å². The summed E-state index contributed by atoms with van der Waals surface area (Å²) in [6.07, 6.45) is 3.72. The average Bonchev–Trinajstić information content (AvgIpc) is 2.55. The molecule has 0 aliphatic heterocycles. The fraction of sp³-hybridized carbons (Fsp3) is 0.0476. The van der Waals surface area contributed by atoms with Gasteiger partial charge >= 0.3 is 0 Å². The first-order chi connectivity index (χ1) is 10.2. The van der Waals surface area contributed by atoms with Crippen LogP contribution in [0.2, 0.25) is 0 Å². The van der Waals surface area contributed by atoms with Gasteiger partial charge in [0, 0.05) is 0 Å². The van der Waals surface area contributed by atoms with Crippen LogP contribution in [-0.4, -0.2) is 0 Å². The van der Waals surface area contributed by atoms with E-state index in [0.717, 1.165) is 0 Å². The van der Waals surface area contributed by atoms with Gasteiger partial charge in [-0.25, -0.2) is 0 Å². The first kappa shape index (κ1) is 14.8. The second-order valence-corrected chi connectivity index (χ2v) is 4.93. The van der Waals surface area contributed by atoms with Gasteiger partial charge in [0.25, 0.3) is 0 Å². The van der Waals surface area contributed by atoms with Crippen LogP contribution in [0.1, 0.15) is 16.7 Å². The summed E-state index contributed by atoms with van der Waals surface area (Å²) in [4.78, 5) is 0. The number of rotatable bonds is 2. The summed E-state index contributed by atoms with van der Waals surface area (Å²) in [5.74, 6) is 0. The van der Waals surface area contributed by atoms with Gasteiger partial charge in [0.2, 0.25) is 0 Å².